The maximum Gasteiger partial charge on any atom is 0.129 e. The van der Waals surface area contributed by atoms with E-state index in [2.05, 4.69) is 68.4 Å². The average molecular weight is 355 g/mol. The zero-order valence-corrected chi connectivity index (χ0v) is 16.9. The van der Waals surface area contributed by atoms with Crippen LogP contribution in [-0.4, -0.2) is 5.78 Å². The van der Waals surface area contributed by atoms with Gasteiger partial charge in [-0.15, -0.1) is 12.8 Å². The molecule has 0 aromatic heterocycles. The summed E-state index contributed by atoms with van der Waals surface area (Å²) in [5.41, 5.74) is 0. The number of carbonyl (C=O) groups is 1. The molecule has 1 rings (SSSR count). The van der Waals surface area contributed by atoms with Crippen LogP contribution in [0.4, 0.5) is 0 Å². The first-order chi connectivity index (χ1) is 12.7. The first-order valence-corrected chi connectivity index (χ1v) is 10.2. The van der Waals surface area contributed by atoms with Crippen LogP contribution >= 0.6 is 0 Å². The molecule has 1 heteroatoms. The van der Waals surface area contributed by atoms with Crippen LogP contribution in [0.25, 0.3) is 0 Å². The normalized spacial score (nSPS) is 20.3. The smallest absolute Gasteiger partial charge is 0.129 e. The van der Waals surface area contributed by atoms with Crippen molar-refractivity contribution in [3.05, 3.63) is 48.6 Å². The molecule has 0 spiro atoms. The molecule has 1 aliphatic rings. The summed E-state index contributed by atoms with van der Waals surface area (Å²) in [5.74, 6) is 1.88. The number of unbranched alkanes of at least 4 members (excludes halogenated alkanes) is 1. The predicted octanol–water partition coefficient (Wildman–Crippen LogP) is 7.22. The number of Topliss-reactive ketones (excluding diaryl/α,β-unsaturated/α-hetero) is 1. The Balaban J connectivity index is 0.00000301. The van der Waals surface area contributed by atoms with Gasteiger partial charge in [0.25, 0.3) is 0 Å². The highest BCUT2D eigenvalue weighted by Crippen LogP contribution is 2.35. The van der Waals surface area contributed by atoms with E-state index < -0.39 is 0 Å². The van der Waals surface area contributed by atoms with Crippen molar-refractivity contribution in [2.75, 3.05) is 0 Å². The topological polar surface area (TPSA) is 17.1 Å². The third kappa shape index (κ3) is 13.5. The van der Waals surface area contributed by atoms with Gasteiger partial charge in [-0.2, -0.15) is 0 Å². The van der Waals surface area contributed by atoms with Gasteiger partial charge in [-0.05, 0) is 70.1 Å². The van der Waals surface area contributed by atoms with Gasteiger partial charge in [0.2, 0.25) is 0 Å². The monoisotopic (exact) mass is 354 g/mol. The summed E-state index contributed by atoms with van der Waals surface area (Å²) in [7, 11) is 0. The summed E-state index contributed by atoms with van der Waals surface area (Å²) in [5, 5.41) is 0. The lowest BCUT2D eigenvalue weighted by molar-refractivity contribution is -0.117. The van der Waals surface area contributed by atoms with E-state index >= 15 is 0 Å². The molecule has 0 aromatic rings. The van der Waals surface area contributed by atoms with Crippen LogP contribution in [0.1, 0.15) is 78.1 Å². The molecule has 1 fully saturated rings. The van der Waals surface area contributed by atoms with Gasteiger partial charge in [-0.3, -0.25) is 0 Å². The van der Waals surface area contributed by atoms with Crippen molar-refractivity contribution >= 4 is 5.78 Å². The maximum atomic E-state index is 10.9. The molecule has 0 N–H and O–H groups in total. The van der Waals surface area contributed by atoms with Crippen LogP contribution in [0.3, 0.4) is 0 Å². The Hall–Kier alpha value is -1.81. The van der Waals surface area contributed by atoms with E-state index in [0.717, 1.165) is 50.4 Å². The lowest BCUT2D eigenvalue weighted by Crippen LogP contribution is -2.03. The van der Waals surface area contributed by atoms with E-state index in [-0.39, 0.29) is 0 Å². The fourth-order valence-corrected chi connectivity index (χ4v) is 3.33. The zero-order valence-electron chi connectivity index (χ0n) is 16.9. The Morgan fingerprint density at radius 3 is 2.27 bits per heavy atom. The van der Waals surface area contributed by atoms with E-state index in [9.17, 15) is 4.79 Å². The summed E-state index contributed by atoms with van der Waals surface area (Å²) >= 11 is 0. The van der Waals surface area contributed by atoms with Crippen LogP contribution in [0, 0.1) is 24.7 Å². The van der Waals surface area contributed by atoms with Crippen LogP contribution in [0.15, 0.2) is 48.6 Å². The minimum absolute atomic E-state index is 0.308. The van der Waals surface area contributed by atoms with Gasteiger partial charge in [-0.25, -0.2) is 0 Å². The highest BCUT2D eigenvalue weighted by Gasteiger charge is 2.23. The van der Waals surface area contributed by atoms with E-state index in [4.69, 9.17) is 0 Å². The molecule has 1 saturated carbocycles. The molecule has 0 aromatic carbocycles. The van der Waals surface area contributed by atoms with Crippen LogP contribution in [0.2, 0.25) is 0 Å². The zero-order chi connectivity index (χ0) is 19.5. The number of allylic oxidation sites excluding steroid dienone is 8. The first-order valence-electron chi connectivity index (χ1n) is 10.2. The van der Waals surface area contributed by atoms with Gasteiger partial charge >= 0.3 is 0 Å². The number of terminal acetylenes is 1. The molecule has 2 atom stereocenters. The van der Waals surface area contributed by atoms with Crippen molar-refractivity contribution in [1.29, 1.82) is 0 Å². The number of rotatable bonds is 12. The third-order valence-corrected chi connectivity index (χ3v) is 4.72. The molecule has 0 saturated heterocycles. The largest absolute Gasteiger partial charge is 0.300 e. The standard InChI is InChI=1S/C23H36O.C2H2/c1-3-4-5-6-7-8-9-10-13-17-22-19-15-20-23(22)18-14-11-12-16-21(2)24;1-2/h4-5,7-8,10,13-14,18,22-23H,3,6,9,11-12,15-17,19-20H2,1-2H3;1-2H/b5-4-,8-7-,13-10-,18-14+;/t22-,23+;/m0./s1. The molecule has 144 valence electrons. The van der Waals surface area contributed by atoms with E-state index in [0.29, 0.717) is 5.78 Å². The molecular formula is C25H38O. The second-order valence-electron chi connectivity index (χ2n) is 6.91. The highest BCUT2D eigenvalue weighted by atomic mass is 16.1. The van der Waals surface area contributed by atoms with Crippen LogP contribution < -0.4 is 0 Å². The van der Waals surface area contributed by atoms with Gasteiger partial charge in [0.1, 0.15) is 5.78 Å². The average Bonchev–Trinajstić information content (AvgIpc) is 3.09. The SMILES string of the molecule is C#C.CC/C=C\C/C=C\C/C=C\C[C@H]1CCC[C@H]1/C=C/CCCC(C)=O. The fourth-order valence-electron chi connectivity index (χ4n) is 3.33. The minimum atomic E-state index is 0.308. The van der Waals surface area contributed by atoms with Crippen molar-refractivity contribution in [3.8, 4) is 12.8 Å². The Bertz CT molecular complexity index is 476. The van der Waals surface area contributed by atoms with Crippen molar-refractivity contribution in [1.82, 2.24) is 0 Å². The van der Waals surface area contributed by atoms with Gasteiger partial charge in [0, 0.05) is 6.42 Å². The lowest BCUT2D eigenvalue weighted by Gasteiger charge is -2.13. The summed E-state index contributed by atoms with van der Waals surface area (Å²) in [6, 6.07) is 0. The number of hydrogen-bond acceptors (Lipinski definition) is 1. The fraction of sp³-hybridized carbons (Fsp3) is 0.560. The molecule has 1 nitrogen and oxygen atoms in total. The van der Waals surface area contributed by atoms with Gasteiger partial charge in [0.05, 0.1) is 0 Å². The minimum Gasteiger partial charge on any atom is -0.300 e. The Morgan fingerprint density at radius 1 is 0.962 bits per heavy atom. The van der Waals surface area contributed by atoms with Crippen molar-refractivity contribution in [2.24, 2.45) is 11.8 Å². The van der Waals surface area contributed by atoms with Crippen molar-refractivity contribution in [2.45, 2.75) is 78.1 Å². The molecule has 0 aliphatic heterocycles. The first kappa shape index (κ1) is 24.2. The van der Waals surface area contributed by atoms with E-state index in [1.165, 1.54) is 25.7 Å². The Labute approximate surface area is 162 Å². The van der Waals surface area contributed by atoms with Crippen LogP contribution in [0.5, 0.6) is 0 Å². The molecule has 1 aliphatic carbocycles. The van der Waals surface area contributed by atoms with Gasteiger partial charge < -0.3 is 4.79 Å². The van der Waals surface area contributed by atoms with E-state index in [1.54, 1.807) is 6.92 Å². The predicted molar refractivity (Wildman–Crippen MR) is 116 cm³/mol. The second kappa shape index (κ2) is 18.0. The number of hydrogen-bond donors (Lipinski definition) is 0. The van der Waals surface area contributed by atoms with Crippen LogP contribution in [-0.2, 0) is 4.79 Å². The summed E-state index contributed by atoms with van der Waals surface area (Å²) in [6.45, 7) is 3.85. The van der Waals surface area contributed by atoms with E-state index in [1.807, 2.05) is 0 Å². The summed E-state index contributed by atoms with van der Waals surface area (Å²) in [4.78, 5) is 10.9. The van der Waals surface area contributed by atoms with Crippen molar-refractivity contribution in [3.63, 3.8) is 0 Å². The molecule has 0 radical (unpaired) electrons. The molecular weight excluding hydrogens is 316 g/mol. The van der Waals surface area contributed by atoms with Gasteiger partial charge in [0.15, 0.2) is 0 Å². The summed E-state index contributed by atoms with van der Waals surface area (Å²) < 4.78 is 0. The van der Waals surface area contributed by atoms with Crippen molar-refractivity contribution < 1.29 is 4.79 Å². The number of carbonyl (C=O) groups excluding carboxylic acids is 1. The summed E-state index contributed by atoms with van der Waals surface area (Å²) in [6.07, 6.45) is 37.7. The quantitative estimate of drug-likeness (QED) is 0.205. The molecule has 0 bridgehead atoms. The Morgan fingerprint density at radius 2 is 1.62 bits per heavy atom. The van der Waals surface area contributed by atoms with Gasteiger partial charge in [-0.1, -0.05) is 62.0 Å². The third-order valence-electron chi connectivity index (χ3n) is 4.72. The highest BCUT2D eigenvalue weighted by molar-refractivity contribution is 5.75. The molecule has 0 heterocycles. The second-order valence-corrected chi connectivity index (χ2v) is 6.91. The number of ketones is 1. The Kier molecular flexibility index (Phi) is 16.7. The molecule has 0 unspecified atom stereocenters. The molecule has 0 amide bonds. The maximum absolute atomic E-state index is 10.9. The molecule has 26 heavy (non-hydrogen) atoms. The lowest BCUT2D eigenvalue weighted by atomic mass is 9.92.